The maximum Gasteiger partial charge on any atom is 0.233 e. The molecule has 0 radical (unpaired) electrons. The molecule has 1 aliphatic heterocycles. The molecule has 2 aliphatic rings. The van der Waals surface area contributed by atoms with Crippen molar-refractivity contribution in [3.63, 3.8) is 0 Å². The molecule has 2 rings (SSSR count). The summed E-state index contributed by atoms with van der Waals surface area (Å²) in [5, 5.41) is 0. The number of likely N-dealkylation sites (tertiary alicyclic amines) is 1. The molecular formula is C12H20N2O2. The zero-order valence-electron chi connectivity index (χ0n) is 9.98. The Bertz CT molecular complexity index is 292. The van der Waals surface area contributed by atoms with E-state index in [4.69, 9.17) is 5.73 Å². The molecule has 0 aromatic rings. The van der Waals surface area contributed by atoms with Gasteiger partial charge in [-0.15, -0.1) is 0 Å². The van der Waals surface area contributed by atoms with E-state index < -0.39 is 0 Å². The van der Waals surface area contributed by atoms with Crippen LogP contribution in [0.2, 0.25) is 0 Å². The first kappa shape index (κ1) is 11.6. The fourth-order valence-electron chi connectivity index (χ4n) is 2.89. The van der Waals surface area contributed by atoms with Crippen molar-refractivity contribution in [1.29, 1.82) is 0 Å². The van der Waals surface area contributed by atoms with Gasteiger partial charge >= 0.3 is 0 Å². The van der Waals surface area contributed by atoms with Gasteiger partial charge in [-0.1, -0.05) is 13.8 Å². The number of rotatable bonds is 3. The predicted molar refractivity (Wildman–Crippen MR) is 60.4 cm³/mol. The van der Waals surface area contributed by atoms with E-state index in [0.717, 1.165) is 19.3 Å². The number of nitrogens with zero attached hydrogens (tertiary/aromatic N) is 1. The molecular weight excluding hydrogens is 204 g/mol. The first-order valence-electron chi connectivity index (χ1n) is 6.15. The largest absolute Gasteiger partial charge is 0.326 e. The van der Waals surface area contributed by atoms with E-state index >= 15 is 0 Å². The minimum atomic E-state index is -0.0795. The van der Waals surface area contributed by atoms with Crippen LogP contribution >= 0.6 is 0 Å². The normalized spacial score (nSPS) is 35.7. The topological polar surface area (TPSA) is 63.4 Å². The molecule has 4 nitrogen and oxygen atoms in total. The van der Waals surface area contributed by atoms with Crippen molar-refractivity contribution in [3.8, 4) is 0 Å². The number of imide groups is 1. The summed E-state index contributed by atoms with van der Waals surface area (Å²) in [7, 11) is 0. The average Bonchev–Trinajstić information content (AvgIpc) is 2.73. The van der Waals surface area contributed by atoms with Crippen molar-refractivity contribution >= 4 is 11.8 Å². The summed E-state index contributed by atoms with van der Waals surface area (Å²) in [6.45, 7) is 4.48. The van der Waals surface area contributed by atoms with Crippen LogP contribution in [0.15, 0.2) is 0 Å². The standard InChI is InChI=1S/C12H20N2O2/c1-3-8(13)6-14-11(15)9-4-7(2)5-10(9)12(14)16/h7-10H,3-6,13H2,1-2H3. The van der Waals surface area contributed by atoms with E-state index in [9.17, 15) is 9.59 Å². The Kier molecular flexibility index (Phi) is 3.02. The number of nitrogens with two attached hydrogens (primary N) is 1. The number of amides is 2. The first-order chi connectivity index (χ1) is 7.54. The van der Waals surface area contributed by atoms with Crippen LogP contribution in [0, 0.1) is 17.8 Å². The molecule has 3 atom stereocenters. The van der Waals surface area contributed by atoms with E-state index in [-0.39, 0.29) is 29.7 Å². The van der Waals surface area contributed by atoms with Crippen molar-refractivity contribution in [2.75, 3.05) is 6.54 Å². The molecule has 1 aliphatic carbocycles. The molecule has 1 heterocycles. The van der Waals surface area contributed by atoms with E-state index in [2.05, 4.69) is 6.92 Å². The zero-order chi connectivity index (χ0) is 11.9. The second-order valence-electron chi connectivity index (χ2n) is 5.24. The lowest BCUT2D eigenvalue weighted by Gasteiger charge is -2.20. The van der Waals surface area contributed by atoms with Gasteiger partial charge in [0.2, 0.25) is 11.8 Å². The van der Waals surface area contributed by atoms with Crippen molar-refractivity contribution in [2.45, 2.75) is 39.2 Å². The van der Waals surface area contributed by atoms with Crippen LogP contribution in [0.3, 0.4) is 0 Å². The van der Waals surface area contributed by atoms with E-state index in [1.54, 1.807) is 0 Å². The Labute approximate surface area is 96.2 Å². The monoisotopic (exact) mass is 224 g/mol. The number of fused-ring (bicyclic) bond motifs is 1. The Morgan fingerprint density at radius 1 is 1.31 bits per heavy atom. The van der Waals surface area contributed by atoms with Gasteiger partial charge in [0.25, 0.3) is 0 Å². The van der Waals surface area contributed by atoms with Crippen LogP contribution in [-0.4, -0.2) is 29.3 Å². The van der Waals surface area contributed by atoms with Crippen LogP contribution in [0.25, 0.3) is 0 Å². The molecule has 1 saturated carbocycles. The molecule has 2 fully saturated rings. The highest BCUT2D eigenvalue weighted by Gasteiger charge is 2.51. The summed E-state index contributed by atoms with van der Waals surface area (Å²) in [5.74, 6) is 0.439. The average molecular weight is 224 g/mol. The van der Waals surface area contributed by atoms with E-state index in [1.165, 1.54) is 4.90 Å². The maximum atomic E-state index is 12.0. The third-order valence-electron chi connectivity index (χ3n) is 3.91. The van der Waals surface area contributed by atoms with Crippen LogP contribution in [0.1, 0.15) is 33.1 Å². The summed E-state index contributed by atoms with van der Waals surface area (Å²) < 4.78 is 0. The van der Waals surface area contributed by atoms with Gasteiger partial charge in [-0.05, 0) is 25.2 Å². The fraction of sp³-hybridized carbons (Fsp3) is 0.833. The molecule has 90 valence electrons. The highest BCUT2D eigenvalue weighted by atomic mass is 16.2. The van der Waals surface area contributed by atoms with Crippen molar-refractivity contribution in [2.24, 2.45) is 23.5 Å². The first-order valence-corrected chi connectivity index (χ1v) is 6.15. The Morgan fingerprint density at radius 2 is 1.81 bits per heavy atom. The quantitative estimate of drug-likeness (QED) is 0.720. The van der Waals surface area contributed by atoms with Gasteiger partial charge in [-0.25, -0.2) is 0 Å². The van der Waals surface area contributed by atoms with Crippen LogP contribution < -0.4 is 5.73 Å². The Morgan fingerprint density at radius 3 is 2.25 bits per heavy atom. The molecule has 0 bridgehead atoms. The molecule has 0 spiro atoms. The van der Waals surface area contributed by atoms with Gasteiger partial charge in [0.15, 0.2) is 0 Å². The second-order valence-corrected chi connectivity index (χ2v) is 5.24. The third-order valence-corrected chi connectivity index (χ3v) is 3.91. The lowest BCUT2D eigenvalue weighted by atomic mass is 10.00. The highest BCUT2D eigenvalue weighted by Crippen LogP contribution is 2.42. The van der Waals surface area contributed by atoms with Crippen LogP contribution in [0.4, 0.5) is 0 Å². The summed E-state index contributed by atoms with van der Waals surface area (Å²) in [6, 6.07) is -0.0795. The van der Waals surface area contributed by atoms with Gasteiger partial charge in [0.05, 0.1) is 11.8 Å². The minimum absolute atomic E-state index is 0.0169. The summed E-state index contributed by atoms with van der Waals surface area (Å²) in [4.78, 5) is 25.5. The summed E-state index contributed by atoms with van der Waals surface area (Å²) in [5.41, 5.74) is 5.81. The van der Waals surface area contributed by atoms with Gasteiger partial charge in [-0.3, -0.25) is 14.5 Å². The molecule has 0 aromatic carbocycles. The lowest BCUT2D eigenvalue weighted by molar-refractivity contribution is -0.140. The maximum absolute atomic E-state index is 12.0. The minimum Gasteiger partial charge on any atom is -0.326 e. The van der Waals surface area contributed by atoms with Gasteiger partial charge in [0.1, 0.15) is 0 Å². The number of hydrogen-bond donors (Lipinski definition) is 1. The smallest absolute Gasteiger partial charge is 0.233 e. The molecule has 4 heteroatoms. The predicted octanol–water partition coefficient (Wildman–Crippen LogP) is 0.755. The van der Waals surface area contributed by atoms with Crippen molar-refractivity contribution in [1.82, 2.24) is 4.90 Å². The van der Waals surface area contributed by atoms with Crippen molar-refractivity contribution < 1.29 is 9.59 Å². The van der Waals surface area contributed by atoms with Gasteiger partial charge < -0.3 is 5.73 Å². The van der Waals surface area contributed by atoms with E-state index in [1.807, 2.05) is 6.92 Å². The molecule has 2 N–H and O–H groups in total. The molecule has 2 amide bonds. The summed E-state index contributed by atoms with van der Waals surface area (Å²) in [6.07, 6.45) is 2.53. The van der Waals surface area contributed by atoms with Crippen molar-refractivity contribution in [3.05, 3.63) is 0 Å². The molecule has 16 heavy (non-hydrogen) atoms. The molecule has 0 aromatic heterocycles. The molecule has 1 saturated heterocycles. The number of hydrogen-bond acceptors (Lipinski definition) is 3. The lowest BCUT2D eigenvalue weighted by Crippen LogP contribution is -2.41. The molecule has 3 unspecified atom stereocenters. The Hall–Kier alpha value is -0.900. The third kappa shape index (κ3) is 1.75. The highest BCUT2D eigenvalue weighted by molar-refractivity contribution is 6.05. The summed E-state index contributed by atoms with van der Waals surface area (Å²) >= 11 is 0. The number of carbonyl (C=O) groups excluding carboxylic acids is 2. The van der Waals surface area contributed by atoms with Gasteiger partial charge in [0, 0.05) is 12.6 Å². The Balaban J connectivity index is 2.08. The number of carbonyl (C=O) groups is 2. The SMILES string of the molecule is CCC(N)CN1C(=O)C2CC(C)CC2C1=O. The van der Waals surface area contributed by atoms with Gasteiger partial charge in [-0.2, -0.15) is 0 Å². The zero-order valence-corrected chi connectivity index (χ0v) is 9.98. The second kappa shape index (κ2) is 4.17. The fourth-order valence-corrected chi connectivity index (χ4v) is 2.89. The van der Waals surface area contributed by atoms with E-state index in [0.29, 0.717) is 12.5 Å². The van der Waals surface area contributed by atoms with Crippen LogP contribution in [0.5, 0.6) is 0 Å². The van der Waals surface area contributed by atoms with Crippen LogP contribution in [-0.2, 0) is 9.59 Å².